The van der Waals surface area contributed by atoms with E-state index in [1.807, 2.05) is 6.92 Å². The Bertz CT molecular complexity index is 602. The molecule has 0 spiro atoms. The maximum atomic E-state index is 12.2. The minimum atomic E-state index is -0.354. The number of hydrogen-bond acceptors (Lipinski definition) is 5. The number of morpholine rings is 1. The summed E-state index contributed by atoms with van der Waals surface area (Å²) >= 11 is 0. The smallest absolute Gasteiger partial charge is 0.245 e. The van der Waals surface area contributed by atoms with Gasteiger partial charge >= 0.3 is 0 Å². The highest BCUT2D eigenvalue weighted by molar-refractivity contribution is 5.94. The van der Waals surface area contributed by atoms with Gasteiger partial charge in [-0.1, -0.05) is 0 Å². The number of aromatic nitrogens is 3. The van der Waals surface area contributed by atoms with E-state index in [-0.39, 0.29) is 30.5 Å². The van der Waals surface area contributed by atoms with Crippen LogP contribution in [0.5, 0.6) is 0 Å². The molecule has 1 aliphatic heterocycles. The first-order chi connectivity index (χ1) is 9.25. The fraction of sp³-hybridized carbons (Fsp3) is 0.417. The van der Waals surface area contributed by atoms with Crippen LogP contribution in [-0.4, -0.2) is 45.8 Å². The van der Waals surface area contributed by atoms with Crippen LogP contribution in [0.4, 0.5) is 5.82 Å². The average Bonchev–Trinajstić information content (AvgIpc) is 2.88. The Morgan fingerprint density at radius 2 is 2.35 bits per heavy atom. The molecule has 0 aliphatic carbocycles. The quantitative estimate of drug-likeness (QED) is 0.842. The topological polar surface area (TPSA) is 80.5 Å². The van der Waals surface area contributed by atoms with Gasteiger partial charge in [0.2, 0.25) is 5.91 Å². The normalized spacial score (nSPS) is 22.2. The molecule has 1 amide bonds. The van der Waals surface area contributed by atoms with E-state index in [2.05, 4.69) is 20.7 Å². The summed E-state index contributed by atoms with van der Waals surface area (Å²) < 4.78 is 7.05. The number of fused-ring (bicyclic) bond motifs is 1. The van der Waals surface area contributed by atoms with Crippen LogP contribution < -0.4 is 10.6 Å². The second-order valence-electron chi connectivity index (χ2n) is 4.43. The van der Waals surface area contributed by atoms with E-state index in [1.54, 1.807) is 29.0 Å². The first-order valence-electron chi connectivity index (χ1n) is 6.20. The van der Waals surface area contributed by atoms with E-state index >= 15 is 0 Å². The van der Waals surface area contributed by atoms with Crippen LogP contribution in [0, 0.1) is 0 Å². The van der Waals surface area contributed by atoms with Gasteiger partial charge in [-0.25, -0.2) is 4.98 Å². The first kappa shape index (κ1) is 14.7. The van der Waals surface area contributed by atoms with Gasteiger partial charge in [0.05, 0.1) is 18.9 Å². The molecule has 20 heavy (non-hydrogen) atoms. The van der Waals surface area contributed by atoms with Crippen molar-refractivity contribution in [2.45, 2.75) is 19.1 Å². The Labute approximate surface area is 122 Å². The van der Waals surface area contributed by atoms with Gasteiger partial charge in [-0.3, -0.25) is 4.79 Å². The summed E-state index contributed by atoms with van der Waals surface area (Å²) in [4.78, 5) is 16.4. The summed E-state index contributed by atoms with van der Waals surface area (Å²) in [7, 11) is 0. The average molecular weight is 298 g/mol. The number of hydrogen-bond donors (Lipinski definition) is 2. The molecule has 108 valence electrons. The van der Waals surface area contributed by atoms with Gasteiger partial charge in [0.15, 0.2) is 5.65 Å². The Hall–Kier alpha value is -1.70. The standard InChI is InChI=1S/C12H15N5O2.ClH/c1-8-11(14-6-7-19-8)12(18)16-10-2-4-13-9-3-5-15-17(9)10;/h2-5,8,11,14H,6-7H2,1H3,(H,16,18);1H/t8-,11+;/m1./s1. The van der Waals surface area contributed by atoms with Crippen molar-refractivity contribution in [3.05, 3.63) is 24.5 Å². The number of ether oxygens (including phenoxy) is 1. The van der Waals surface area contributed by atoms with Gasteiger partial charge in [0.25, 0.3) is 0 Å². The van der Waals surface area contributed by atoms with Crippen LogP contribution in [0.3, 0.4) is 0 Å². The van der Waals surface area contributed by atoms with Crippen molar-refractivity contribution in [3.63, 3.8) is 0 Å². The van der Waals surface area contributed by atoms with E-state index in [4.69, 9.17) is 4.74 Å². The van der Waals surface area contributed by atoms with Crippen molar-refractivity contribution >= 4 is 29.8 Å². The number of anilines is 1. The van der Waals surface area contributed by atoms with Crippen LogP contribution in [0.2, 0.25) is 0 Å². The molecule has 2 aromatic heterocycles. The van der Waals surface area contributed by atoms with E-state index in [9.17, 15) is 4.79 Å². The molecule has 2 aromatic rings. The zero-order valence-electron chi connectivity index (χ0n) is 10.9. The largest absolute Gasteiger partial charge is 0.375 e. The number of nitrogens with zero attached hydrogens (tertiary/aromatic N) is 3. The van der Waals surface area contributed by atoms with E-state index in [1.165, 1.54) is 0 Å². The van der Waals surface area contributed by atoms with Crippen LogP contribution in [0.15, 0.2) is 24.5 Å². The van der Waals surface area contributed by atoms with Gasteiger partial charge < -0.3 is 15.4 Å². The molecular weight excluding hydrogens is 282 g/mol. The lowest BCUT2D eigenvalue weighted by molar-refractivity contribution is -0.123. The Morgan fingerprint density at radius 1 is 1.50 bits per heavy atom. The second kappa shape index (κ2) is 6.17. The first-order valence-corrected chi connectivity index (χ1v) is 6.20. The Kier molecular flexibility index (Phi) is 4.53. The third-order valence-electron chi connectivity index (χ3n) is 3.14. The highest BCUT2D eigenvalue weighted by atomic mass is 35.5. The summed E-state index contributed by atoms with van der Waals surface area (Å²) in [5.74, 6) is 0.467. The molecule has 0 saturated carbocycles. The molecule has 0 unspecified atom stereocenters. The monoisotopic (exact) mass is 297 g/mol. The van der Waals surface area contributed by atoms with E-state index in [0.29, 0.717) is 24.6 Å². The van der Waals surface area contributed by atoms with Crippen LogP contribution in [-0.2, 0) is 9.53 Å². The van der Waals surface area contributed by atoms with Gasteiger partial charge in [-0.15, -0.1) is 12.4 Å². The molecular formula is C12H16ClN5O2. The number of amides is 1. The van der Waals surface area contributed by atoms with E-state index < -0.39 is 0 Å². The number of halogens is 1. The third-order valence-corrected chi connectivity index (χ3v) is 3.14. The van der Waals surface area contributed by atoms with Crippen molar-refractivity contribution in [3.8, 4) is 0 Å². The summed E-state index contributed by atoms with van der Waals surface area (Å²) in [5.41, 5.74) is 0.693. The van der Waals surface area contributed by atoms with Crippen molar-refractivity contribution in [2.75, 3.05) is 18.5 Å². The summed E-state index contributed by atoms with van der Waals surface area (Å²) in [6.45, 7) is 3.19. The Morgan fingerprint density at radius 3 is 3.15 bits per heavy atom. The van der Waals surface area contributed by atoms with Crippen molar-refractivity contribution in [1.29, 1.82) is 0 Å². The van der Waals surface area contributed by atoms with Gasteiger partial charge in [0.1, 0.15) is 11.9 Å². The van der Waals surface area contributed by atoms with Crippen molar-refractivity contribution < 1.29 is 9.53 Å². The number of rotatable bonds is 2. The second-order valence-corrected chi connectivity index (χ2v) is 4.43. The highest BCUT2D eigenvalue weighted by Crippen LogP contribution is 2.11. The lowest BCUT2D eigenvalue weighted by Crippen LogP contribution is -2.53. The minimum absolute atomic E-state index is 0. The van der Waals surface area contributed by atoms with Gasteiger partial charge in [-0.2, -0.15) is 9.61 Å². The molecule has 8 heteroatoms. The number of carbonyl (C=O) groups is 1. The predicted molar refractivity (Wildman–Crippen MR) is 76.1 cm³/mol. The molecule has 3 heterocycles. The lowest BCUT2D eigenvalue weighted by Gasteiger charge is -2.29. The van der Waals surface area contributed by atoms with Crippen molar-refractivity contribution in [1.82, 2.24) is 19.9 Å². The molecule has 2 atom stereocenters. The molecule has 0 aromatic carbocycles. The summed E-state index contributed by atoms with van der Waals surface area (Å²) in [5, 5.41) is 10.1. The highest BCUT2D eigenvalue weighted by Gasteiger charge is 2.28. The molecule has 3 rings (SSSR count). The fourth-order valence-corrected chi connectivity index (χ4v) is 2.16. The molecule has 1 aliphatic rings. The minimum Gasteiger partial charge on any atom is -0.375 e. The lowest BCUT2D eigenvalue weighted by atomic mass is 10.1. The maximum absolute atomic E-state index is 12.2. The molecule has 0 radical (unpaired) electrons. The van der Waals surface area contributed by atoms with Crippen LogP contribution in [0.1, 0.15) is 6.92 Å². The van der Waals surface area contributed by atoms with Gasteiger partial charge in [-0.05, 0) is 13.0 Å². The van der Waals surface area contributed by atoms with Crippen LogP contribution in [0.25, 0.3) is 5.65 Å². The molecule has 0 bridgehead atoms. The SMILES string of the molecule is C[C@H]1OCCN[C@@H]1C(=O)Nc1ccnc2ccnn12.Cl. The summed E-state index contributed by atoms with van der Waals surface area (Å²) in [6, 6.07) is 3.14. The number of carbonyl (C=O) groups excluding carboxylic acids is 1. The molecule has 2 N–H and O–H groups in total. The van der Waals surface area contributed by atoms with Crippen molar-refractivity contribution in [2.24, 2.45) is 0 Å². The zero-order valence-corrected chi connectivity index (χ0v) is 11.8. The maximum Gasteiger partial charge on any atom is 0.245 e. The van der Waals surface area contributed by atoms with E-state index in [0.717, 1.165) is 0 Å². The molecule has 1 saturated heterocycles. The third kappa shape index (κ3) is 2.74. The zero-order chi connectivity index (χ0) is 13.2. The fourth-order valence-electron chi connectivity index (χ4n) is 2.16. The summed E-state index contributed by atoms with van der Waals surface area (Å²) in [6.07, 6.45) is 3.13. The predicted octanol–water partition coefficient (Wildman–Crippen LogP) is 0.466. The van der Waals surface area contributed by atoms with Crippen LogP contribution >= 0.6 is 12.4 Å². The Balaban J connectivity index is 0.00000147. The number of nitrogens with one attached hydrogen (secondary N) is 2. The molecule has 1 fully saturated rings. The van der Waals surface area contributed by atoms with Gasteiger partial charge in [0, 0.05) is 18.8 Å². The molecule has 7 nitrogen and oxygen atoms in total.